The van der Waals surface area contributed by atoms with Crippen LogP contribution in [-0.2, 0) is 32.6 Å². The number of hydrogen-bond acceptors (Lipinski definition) is 5. The van der Waals surface area contributed by atoms with Crippen LogP contribution in [0.5, 0.6) is 0 Å². The van der Waals surface area contributed by atoms with E-state index in [0.29, 0.717) is 18.7 Å². The first kappa shape index (κ1) is 30.5. The zero-order valence-corrected chi connectivity index (χ0v) is 24.5. The Balaban J connectivity index is 1.60. The fraction of sp³-hybridized carbons (Fsp3) is 0.406. The lowest BCUT2D eigenvalue weighted by atomic mass is 9.89. The van der Waals surface area contributed by atoms with Crippen molar-refractivity contribution in [2.45, 2.75) is 64.1 Å². The highest BCUT2D eigenvalue weighted by Gasteiger charge is 2.36. The highest BCUT2D eigenvalue weighted by molar-refractivity contribution is 6.38. The number of ketones is 1. The van der Waals surface area contributed by atoms with Gasteiger partial charge in [0.2, 0.25) is 17.6 Å². The molecular weight excluding hydrogens is 534 g/mol. The van der Waals surface area contributed by atoms with Crippen molar-refractivity contribution in [1.82, 2.24) is 25.8 Å². The molecule has 222 valence electrons. The van der Waals surface area contributed by atoms with Crippen molar-refractivity contribution in [2.75, 3.05) is 6.54 Å². The quantitative estimate of drug-likeness (QED) is 0.276. The summed E-state index contributed by atoms with van der Waals surface area (Å²) in [6.07, 6.45) is 1.40. The Labute approximate surface area is 245 Å². The fourth-order valence-corrected chi connectivity index (χ4v) is 5.21. The van der Waals surface area contributed by atoms with Crippen LogP contribution in [0.25, 0.3) is 10.9 Å². The Hall–Kier alpha value is -4.47. The maximum atomic E-state index is 13.8. The summed E-state index contributed by atoms with van der Waals surface area (Å²) in [5.74, 6) is -3.50. The number of fused-ring (bicyclic) bond motifs is 1. The van der Waals surface area contributed by atoms with E-state index in [0.717, 1.165) is 22.9 Å². The summed E-state index contributed by atoms with van der Waals surface area (Å²) in [6.45, 7) is 5.79. The molecule has 0 bridgehead atoms. The van der Waals surface area contributed by atoms with Crippen molar-refractivity contribution >= 4 is 40.3 Å². The maximum Gasteiger partial charge on any atom is 0.290 e. The molecule has 4 rings (SSSR count). The number of amides is 4. The Morgan fingerprint density at radius 2 is 1.67 bits per heavy atom. The lowest BCUT2D eigenvalue weighted by molar-refractivity contribution is -0.142. The van der Waals surface area contributed by atoms with E-state index in [2.05, 4.69) is 21.3 Å². The Bertz CT molecular complexity index is 1470. The molecule has 1 aliphatic heterocycles. The van der Waals surface area contributed by atoms with Crippen LogP contribution in [0.4, 0.5) is 0 Å². The molecule has 1 fully saturated rings. The standard InChI is InChI=1S/C32H39N5O5/c1-32(2,3)36-31(42)27(38)23(18-22-14-10-16-33-28(22)39)34-29(40)24(17-20-11-6-5-7-12-20)35-30(41)26-19-21-13-8-9-15-25(21)37(26)4/h5-9,11-13,15,19,22-24H,10,14,16-18H2,1-4H3,(H,33,39)(H,34,40)(H,35,41)(H,36,42)/t22-,23-,24-/m0/s1. The van der Waals surface area contributed by atoms with Gasteiger partial charge in [0.25, 0.3) is 11.8 Å². The van der Waals surface area contributed by atoms with Gasteiger partial charge in [-0.2, -0.15) is 0 Å². The van der Waals surface area contributed by atoms with Crippen molar-refractivity contribution in [2.24, 2.45) is 13.0 Å². The monoisotopic (exact) mass is 573 g/mol. The van der Waals surface area contributed by atoms with E-state index >= 15 is 0 Å². The van der Waals surface area contributed by atoms with Crippen LogP contribution in [0.2, 0.25) is 0 Å². The molecule has 10 heteroatoms. The second kappa shape index (κ2) is 13.0. The van der Waals surface area contributed by atoms with E-state index in [1.54, 1.807) is 38.5 Å². The van der Waals surface area contributed by atoms with Crippen molar-refractivity contribution in [3.8, 4) is 0 Å². The van der Waals surface area contributed by atoms with Crippen LogP contribution in [0.1, 0.15) is 56.1 Å². The van der Waals surface area contributed by atoms with E-state index in [1.165, 1.54) is 0 Å². The van der Waals surface area contributed by atoms with Crippen LogP contribution >= 0.6 is 0 Å². The largest absolute Gasteiger partial charge is 0.356 e. The van der Waals surface area contributed by atoms with E-state index in [-0.39, 0.29) is 18.7 Å². The summed E-state index contributed by atoms with van der Waals surface area (Å²) < 4.78 is 1.76. The third-order valence-corrected chi connectivity index (χ3v) is 7.35. The summed E-state index contributed by atoms with van der Waals surface area (Å²) in [4.78, 5) is 66.0. The molecular formula is C32H39N5O5. The molecule has 1 aliphatic rings. The number of para-hydroxylation sites is 1. The van der Waals surface area contributed by atoms with Gasteiger partial charge < -0.3 is 25.8 Å². The predicted molar refractivity (Wildman–Crippen MR) is 160 cm³/mol. The van der Waals surface area contributed by atoms with E-state index in [1.807, 2.05) is 54.6 Å². The van der Waals surface area contributed by atoms with Gasteiger partial charge in [-0.15, -0.1) is 0 Å². The topological polar surface area (TPSA) is 138 Å². The SMILES string of the molecule is Cn1c(C(=O)N[C@@H](Cc2ccccc2)C(=O)N[C@@H](C[C@@H]2CCCNC2=O)C(=O)C(=O)NC(C)(C)C)cc2ccccc21. The zero-order valence-electron chi connectivity index (χ0n) is 24.5. The summed E-state index contributed by atoms with van der Waals surface area (Å²) >= 11 is 0. The number of piperidine rings is 1. The number of hydrogen-bond donors (Lipinski definition) is 4. The van der Waals surface area contributed by atoms with Crippen LogP contribution in [0.15, 0.2) is 60.7 Å². The number of aromatic nitrogens is 1. The lowest BCUT2D eigenvalue weighted by Crippen LogP contribution is -2.57. The normalized spacial score (nSPS) is 16.7. The van der Waals surface area contributed by atoms with Crippen molar-refractivity contribution in [1.29, 1.82) is 0 Å². The highest BCUT2D eigenvalue weighted by Crippen LogP contribution is 2.20. The van der Waals surface area contributed by atoms with Gasteiger partial charge >= 0.3 is 0 Å². The number of benzene rings is 2. The maximum absolute atomic E-state index is 13.8. The molecule has 10 nitrogen and oxygen atoms in total. The fourth-order valence-electron chi connectivity index (χ4n) is 5.21. The van der Waals surface area contributed by atoms with Crippen LogP contribution in [-0.4, -0.2) is 58.1 Å². The third-order valence-electron chi connectivity index (χ3n) is 7.35. The first-order valence-corrected chi connectivity index (χ1v) is 14.3. The molecule has 3 aromatic rings. The summed E-state index contributed by atoms with van der Waals surface area (Å²) in [7, 11) is 1.78. The van der Waals surface area contributed by atoms with E-state index < -0.39 is 47.0 Å². The minimum absolute atomic E-state index is 0.0246. The van der Waals surface area contributed by atoms with E-state index in [9.17, 15) is 24.0 Å². The zero-order chi connectivity index (χ0) is 30.4. The minimum Gasteiger partial charge on any atom is -0.356 e. The van der Waals surface area contributed by atoms with Gasteiger partial charge in [0.15, 0.2) is 0 Å². The first-order chi connectivity index (χ1) is 19.9. The van der Waals surface area contributed by atoms with Gasteiger partial charge in [-0.3, -0.25) is 24.0 Å². The number of carbonyl (C=O) groups excluding carboxylic acids is 5. The first-order valence-electron chi connectivity index (χ1n) is 14.3. The summed E-state index contributed by atoms with van der Waals surface area (Å²) in [5, 5.41) is 11.9. The van der Waals surface area contributed by atoms with Gasteiger partial charge in [-0.1, -0.05) is 48.5 Å². The highest BCUT2D eigenvalue weighted by atomic mass is 16.2. The van der Waals surface area contributed by atoms with Crippen LogP contribution in [0.3, 0.4) is 0 Å². The summed E-state index contributed by atoms with van der Waals surface area (Å²) in [6, 6.07) is 16.2. The molecule has 0 unspecified atom stereocenters. The number of nitrogens with one attached hydrogen (secondary N) is 4. The minimum atomic E-state index is -1.25. The molecule has 0 radical (unpaired) electrons. The number of Topliss-reactive ketones (excluding diaryl/α,β-unsaturated/α-hetero) is 1. The molecule has 1 aromatic heterocycles. The molecule has 1 saturated heterocycles. The number of carbonyl (C=O) groups is 5. The predicted octanol–water partition coefficient (Wildman–Crippen LogP) is 2.40. The van der Waals surface area contributed by atoms with E-state index in [4.69, 9.17) is 0 Å². The molecule has 0 aliphatic carbocycles. The Morgan fingerprint density at radius 3 is 2.33 bits per heavy atom. The molecule has 0 saturated carbocycles. The number of nitrogens with zero attached hydrogens (tertiary/aromatic N) is 1. The van der Waals surface area contributed by atoms with Crippen molar-refractivity contribution in [3.63, 3.8) is 0 Å². The van der Waals surface area contributed by atoms with Gasteiger partial charge in [-0.25, -0.2) is 0 Å². The average molecular weight is 574 g/mol. The molecule has 4 amide bonds. The number of aryl methyl sites for hydroxylation is 1. The van der Waals surface area contributed by atoms with Crippen LogP contribution < -0.4 is 21.3 Å². The Kier molecular flexibility index (Phi) is 9.45. The average Bonchev–Trinajstić information content (AvgIpc) is 3.29. The van der Waals surface area contributed by atoms with Gasteiger partial charge in [-0.05, 0) is 57.7 Å². The summed E-state index contributed by atoms with van der Waals surface area (Å²) in [5.41, 5.74) is 1.37. The van der Waals surface area contributed by atoms with Crippen LogP contribution in [0, 0.1) is 5.92 Å². The van der Waals surface area contributed by atoms with Crippen molar-refractivity contribution < 1.29 is 24.0 Å². The number of rotatable bonds is 10. The molecule has 4 N–H and O–H groups in total. The van der Waals surface area contributed by atoms with Crippen molar-refractivity contribution in [3.05, 3.63) is 71.9 Å². The molecule has 0 spiro atoms. The molecule has 2 heterocycles. The lowest BCUT2D eigenvalue weighted by Gasteiger charge is -2.28. The molecule has 2 aromatic carbocycles. The Morgan fingerprint density at radius 1 is 0.976 bits per heavy atom. The smallest absolute Gasteiger partial charge is 0.290 e. The second-order valence-corrected chi connectivity index (χ2v) is 11.9. The third kappa shape index (κ3) is 7.63. The van der Waals surface area contributed by atoms with Gasteiger partial charge in [0, 0.05) is 42.4 Å². The van der Waals surface area contributed by atoms with Gasteiger partial charge in [0.05, 0.1) is 6.04 Å². The van der Waals surface area contributed by atoms with Gasteiger partial charge in [0.1, 0.15) is 11.7 Å². The molecule has 42 heavy (non-hydrogen) atoms. The second-order valence-electron chi connectivity index (χ2n) is 11.9. The molecule has 3 atom stereocenters.